The monoisotopic (exact) mass is 497 g/mol. The number of fused-ring (bicyclic) bond motifs is 1. The lowest BCUT2D eigenvalue weighted by Gasteiger charge is -2.43. The predicted octanol–water partition coefficient (Wildman–Crippen LogP) is 2.80. The summed E-state index contributed by atoms with van der Waals surface area (Å²) >= 11 is 0. The molecule has 2 aliphatic rings. The molecule has 0 N–H and O–H groups in total. The largest absolute Gasteiger partial charge is 0.493 e. The molecule has 194 valence electrons. The van der Waals surface area contributed by atoms with Crippen LogP contribution in [0.4, 0.5) is 0 Å². The molecule has 2 aliphatic heterocycles. The quantitative estimate of drug-likeness (QED) is 0.582. The summed E-state index contributed by atoms with van der Waals surface area (Å²) in [4.78, 5) is 33.7. The lowest BCUT2D eigenvalue weighted by molar-refractivity contribution is -0.136. The summed E-state index contributed by atoms with van der Waals surface area (Å²) in [6.07, 6.45) is 0. The molecule has 2 heterocycles. The van der Waals surface area contributed by atoms with E-state index in [1.807, 2.05) is 17.0 Å². The summed E-state index contributed by atoms with van der Waals surface area (Å²) in [6.45, 7) is 6.01. The number of carbonyl (C=O) groups excluding carboxylic acids is 2. The summed E-state index contributed by atoms with van der Waals surface area (Å²) in [5, 5.41) is 0. The Morgan fingerprint density at radius 1 is 0.861 bits per heavy atom. The highest BCUT2D eigenvalue weighted by Gasteiger charge is 2.45. The summed E-state index contributed by atoms with van der Waals surface area (Å²) in [5.74, 6) is 1.21. The second kappa shape index (κ2) is 10.7. The van der Waals surface area contributed by atoms with E-state index < -0.39 is 12.0 Å². The van der Waals surface area contributed by atoms with Crippen molar-refractivity contribution in [3.8, 4) is 23.0 Å². The normalized spacial score (nSPS) is 20.1. The second-order valence-electron chi connectivity index (χ2n) is 9.01. The van der Waals surface area contributed by atoms with Gasteiger partial charge in [0.2, 0.25) is 5.91 Å². The average Bonchev–Trinajstić information content (AvgIpc) is 2.93. The Hall–Kier alpha value is -3.46. The van der Waals surface area contributed by atoms with E-state index in [0.717, 1.165) is 25.2 Å². The fraction of sp³-hybridized carbons (Fsp3) is 0.481. The van der Waals surface area contributed by atoms with Gasteiger partial charge in [0, 0.05) is 38.8 Å². The van der Waals surface area contributed by atoms with E-state index in [-0.39, 0.29) is 11.8 Å². The maximum atomic E-state index is 14.2. The van der Waals surface area contributed by atoms with Gasteiger partial charge in [-0.15, -0.1) is 0 Å². The van der Waals surface area contributed by atoms with Crippen LogP contribution in [0.2, 0.25) is 0 Å². The summed E-state index contributed by atoms with van der Waals surface area (Å²) in [7, 11) is 7.96. The van der Waals surface area contributed by atoms with E-state index in [9.17, 15) is 9.59 Å². The van der Waals surface area contributed by atoms with Gasteiger partial charge >= 0.3 is 0 Å². The zero-order chi connectivity index (χ0) is 26.0. The molecule has 0 saturated carbocycles. The molecule has 2 aromatic carbocycles. The number of rotatable bonds is 7. The number of piperazine rings is 1. The molecular weight excluding hydrogens is 462 g/mol. The molecule has 9 nitrogen and oxygen atoms in total. The van der Waals surface area contributed by atoms with Gasteiger partial charge in [-0.3, -0.25) is 9.59 Å². The Morgan fingerprint density at radius 2 is 1.44 bits per heavy atom. The molecule has 36 heavy (non-hydrogen) atoms. The molecule has 0 bridgehead atoms. The Balaban J connectivity index is 1.86. The standard InChI is InChI=1S/C27H35N3O6/c1-7-29-10-12-30(13-11-29)27(32)24-18-15-22(35-5)23(36-6)16-19(18)26(31)28(2)25(24)17-8-9-20(33-3)21(14-17)34-4/h8-9,14-16,24-25H,7,10-13H2,1-6H3/t24-,25+/m0/s1. The first-order valence-corrected chi connectivity index (χ1v) is 12.1. The molecule has 0 aromatic heterocycles. The van der Waals surface area contributed by atoms with Crippen molar-refractivity contribution >= 4 is 11.8 Å². The van der Waals surface area contributed by atoms with Crippen molar-refractivity contribution in [1.29, 1.82) is 0 Å². The third-order valence-corrected chi connectivity index (χ3v) is 7.32. The molecule has 0 aliphatic carbocycles. The van der Waals surface area contributed by atoms with Gasteiger partial charge < -0.3 is 33.6 Å². The van der Waals surface area contributed by atoms with Gasteiger partial charge in [0.25, 0.3) is 5.91 Å². The van der Waals surface area contributed by atoms with Crippen LogP contribution >= 0.6 is 0 Å². The maximum absolute atomic E-state index is 14.2. The lowest BCUT2D eigenvalue weighted by Crippen LogP contribution is -2.52. The van der Waals surface area contributed by atoms with Crippen LogP contribution in [0.3, 0.4) is 0 Å². The van der Waals surface area contributed by atoms with Gasteiger partial charge in [0.15, 0.2) is 23.0 Å². The fourth-order valence-electron chi connectivity index (χ4n) is 5.25. The minimum absolute atomic E-state index is 0.0154. The molecule has 0 spiro atoms. The molecular formula is C27H35N3O6. The first-order chi connectivity index (χ1) is 17.4. The van der Waals surface area contributed by atoms with E-state index in [2.05, 4.69) is 11.8 Å². The zero-order valence-corrected chi connectivity index (χ0v) is 21.9. The van der Waals surface area contributed by atoms with Crippen molar-refractivity contribution < 1.29 is 28.5 Å². The maximum Gasteiger partial charge on any atom is 0.254 e. The minimum Gasteiger partial charge on any atom is -0.493 e. The average molecular weight is 498 g/mol. The van der Waals surface area contributed by atoms with Crippen LogP contribution in [0.25, 0.3) is 0 Å². The third-order valence-electron chi connectivity index (χ3n) is 7.32. The molecule has 0 unspecified atom stereocenters. The van der Waals surface area contributed by atoms with Crippen LogP contribution in [-0.4, -0.2) is 94.7 Å². The number of benzene rings is 2. The van der Waals surface area contributed by atoms with Crippen molar-refractivity contribution in [1.82, 2.24) is 14.7 Å². The van der Waals surface area contributed by atoms with E-state index in [4.69, 9.17) is 18.9 Å². The Kier molecular flexibility index (Phi) is 7.59. The molecule has 2 aromatic rings. The Morgan fingerprint density at radius 3 is 2.03 bits per heavy atom. The van der Waals surface area contributed by atoms with Gasteiger partial charge in [-0.25, -0.2) is 0 Å². The number of likely N-dealkylation sites (N-methyl/N-ethyl adjacent to an activating group) is 2. The van der Waals surface area contributed by atoms with Crippen LogP contribution in [-0.2, 0) is 4.79 Å². The van der Waals surface area contributed by atoms with Gasteiger partial charge in [0.05, 0.1) is 40.4 Å². The third kappa shape index (κ3) is 4.43. The number of methoxy groups -OCH3 is 4. The van der Waals surface area contributed by atoms with E-state index in [1.54, 1.807) is 51.5 Å². The highest BCUT2D eigenvalue weighted by atomic mass is 16.5. The second-order valence-corrected chi connectivity index (χ2v) is 9.01. The first kappa shape index (κ1) is 25.6. The fourth-order valence-corrected chi connectivity index (χ4v) is 5.25. The molecule has 4 rings (SSSR count). The van der Waals surface area contributed by atoms with E-state index in [1.165, 1.54) is 7.11 Å². The number of amides is 2. The first-order valence-electron chi connectivity index (χ1n) is 12.1. The van der Waals surface area contributed by atoms with Crippen LogP contribution in [0.15, 0.2) is 30.3 Å². The molecule has 1 fully saturated rings. The Bertz CT molecular complexity index is 1130. The minimum atomic E-state index is -0.631. The predicted molar refractivity (Wildman–Crippen MR) is 135 cm³/mol. The van der Waals surface area contributed by atoms with Crippen molar-refractivity contribution in [2.75, 3.05) is 68.2 Å². The summed E-state index contributed by atoms with van der Waals surface area (Å²) in [6, 6.07) is 8.44. The SMILES string of the molecule is CCN1CCN(C(=O)[C@H]2c3cc(OC)c(OC)cc3C(=O)N(C)[C@@H]2c2ccc(OC)c(OC)c2)CC1. The highest BCUT2D eigenvalue weighted by Crippen LogP contribution is 2.47. The van der Waals surface area contributed by atoms with Gasteiger partial charge in [0.1, 0.15) is 0 Å². The molecule has 2 atom stereocenters. The lowest BCUT2D eigenvalue weighted by atomic mass is 9.78. The number of hydrogen-bond donors (Lipinski definition) is 0. The van der Waals surface area contributed by atoms with E-state index in [0.29, 0.717) is 47.2 Å². The Labute approximate surface area is 212 Å². The van der Waals surface area contributed by atoms with E-state index >= 15 is 0 Å². The van der Waals surface area contributed by atoms with Gasteiger partial charge in [-0.1, -0.05) is 13.0 Å². The molecule has 2 amide bonds. The molecule has 0 radical (unpaired) electrons. The smallest absolute Gasteiger partial charge is 0.254 e. The van der Waals surface area contributed by atoms with Crippen molar-refractivity contribution in [2.45, 2.75) is 18.9 Å². The number of ether oxygens (including phenoxy) is 4. The van der Waals surface area contributed by atoms with Gasteiger partial charge in [-0.05, 0) is 41.9 Å². The van der Waals surface area contributed by atoms with Crippen molar-refractivity contribution in [2.24, 2.45) is 0 Å². The summed E-state index contributed by atoms with van der Waals surface area (Å²) < 4.78 is 22.0. The van der Waals surface area contributed by atoms with Crippen LogP contribution < -0.4 is 18.9 Å². The van der Waals surface area contributed by atoms with Crippen molar-refractivity contribution in [3.63, 3.8) is 0 Å². The number of carbonyl (C=O) groups is 2. The number of nitrogens with zero attached hydrogens (tertiary/aromatic N) is 3. The van der Waals surface area contributed by atoms with Crippen LogP contribution in [0.5, 0.6) is 23.0 Å². The van der Waals surface area contributed by atoms with Crippen molar-refractivity contribution in [3.05, 3.63) is 47.0 Å². The zero-order valence-electron chi connectivity index (χ0n) is 21.9. The topological polar surface area (TPSA) is 80.8 Å². The summed E-state index contributed by atoms with van der Waals surface area (Å²) in [5.41, 5.74) is 1.87. The van der Waals surface area contributed by atoms with Gasteiger partial charge in [-0.2, -0.15) is 0 Å². The van der Waals surface area contributed by atoms with Crippen LogP contribution in [0, 0.1) is 0 Å². The molecule has 1 saturated heterocycles. The van der Waals surface area contributed by atoms with Crippen LogP contribution in [0.1, 0.15) is 40.4 Å². The molecule has 9 heteroatoms. The number of hydrogen-bond acceptors (Lipinski definition) is 7. The highest BCUT2D eigenvalue weighted by molar-refractivity contribution is 6.02.